The van der Waals surface area contributed by atoms with Crippen molar-refractivity contribution in [3.05, 3.63) is 22.2 Å². The van der Waals surface area contributed by atoms with Gasteiger partial charge < -0.3 is 10.4 Å². The number of carboxylic acids is 1. The molecule has 2 aromatic rings. The zero-order valence-electron chi connectivity index (χ0n) is 18.2. The van der Waals surface area contributed by atoms with Gasteiger partial charge in [0.1, 0.15) is 0 Å². The predicted octanol–water partition coefficient (Wildman–Crippen LogP) is 6.09. The SMILES string of the molecule is O=C(O)CCCCCCCCCCCCCCCNc1ccc([N+](=O)[O-])c2nonc12. The summed E-state index contributed by atoms with van der Waals surface area (Å²) in [6.45, 7) is 0.784. The number of carboxylic acid groups (broad SMARTS) is 1. The van der Waals surface area contributed by atoms with Crippen LogP contribution in [0.25, 0.3) is 11.0 Å². The van der Waals surface area contributed by atoms with E-state index in [2.05, 4.69) is 20.3 Å². The van der Waals surface area contributed by atoms with Crippen molar-refractivity contribution in [2.24, 2.45) is 0 Å². The van der Waals surface area contributed by atoms with Crippen molar-refractivity contribution in [2.75, 3.05) is 11.9 Å². The molecular weight excluding hydrogens is 400 g/mol. The van der Waals surface area contributed by atoms with Crippen molar-refractivity contribution >= 4 is 28.4 Å². The topological polar surface area (TPSA) is 131 Å². The average Bonchev–Trinajstić information content (AvgIpc) is 3.23. The number of aliphatic carboxylic acids is 1. The number of non-ortho nitro benzene ring substituents is 1. The minimum atomic E-state index is -0.689. The Bertz CT molecular complexity index is 808. The van der Waals surface area contributed by atoms with Gasteiger partial charge in [-0.1, -0.05) is 70.6 Å². The lowest BCUT2D eigenvalue weighted by Gasteiger charge is -2.06. The minimum absolute atomic E-state index is 0.0995. The number of hydrogen-bond donors (Lipinski definition) is 2. The van der Waals surface area contributed by atoms with Crippen LogP contribution in [0.5, 0.6) is 0 Å². The monoisotopic (exact) mass is 434 g/mol. The number of unbranched alkanes of at least 4 members (excludes halogenated alkanes) is 12. The van der Waals surface area contributed by atoms with Gasteiger partial charge in [0.15, 0.2) is 5.52 Å². The van der Waals surface area contributed by atoms with Gasteiger partial charge >= 0.3 is 11.7 Å². The van der Waals surface area contributed by atoms with E-state index < -0.39 is 10.9 Å². The highest BCUT2D eigenvalue weighted by Gasteiger charge is 2.19. The number of benzene rings is 1. The minimum Gasteiger partial charge on any atom is -0.481 e. The highest BCUT2D eigenvalue weighted by atomic mass is 16.6. The number of rotatable bonds is 18. The summed E-state index contributed by atoms with van der Waals surface area (Å²) in [6.07, 6.45) is 15.6. The number of nitrogens with zero attached hydrogens (tertiary/aromatic N) is 3. The zero-order chi connectivity index (χ0) is 22.3. The molecule has 172 valence electrons. The molecule has 0 saturated heterocycles. The van der Waals surface area contributed by atoms with Gasteiger partial charge in [0, 0.05) is 19.0 Å². The molecule has 1 aromatic carbocycles. The van der Waals surface area contributed by atoms with Crippen LogP contribution in [-0.2, 0) is 4.79 Å². The fourth-order valence-electron chi connectivity index (χ4n) is 3.71. The Morgan fingerprint density at radius 3 is 1.94 bits per heavy atom. The molecule has 0 aliphatic heterocycles. The van der Waals surface area contributed by atoms with Crippen molar-refractivity contribution in [3.8, 4) is 0 Å². The molecule has 0 aliphatic carbocycles. The van der Waals surface area contributed by atoms with Crippen LogP contribution in [0.4, 0.5) is 11.4 Å². The van der Waals surface area contributed by atoms with E-state index in [1.54, 1.807) is 6.07 Å². The van der Waals surface area contributed by atoms with Gasteiger partial charge in [-0.25, -0.2) is 4.63 Å². The first kappa shape index (κ1) is 24.6. The Morgan fingerprint density at radius 2 is 1.39 bits per heavy atom. The van der Waals surface area contributed by atoms with Crippen LogP contribution in [0.1, 0.15) is 89.9 Å². The molecule has 1 heterocycles. The third kappa shape index (κ3) is 9.31. The summed E-state index contributed by atoms with van der Waals surface area (Å²) in [5, 5.41) is 30.3. The maximum atomic E-state index is 11.0. The third-order valence-electron chi connectivity index (χ3n) is 5.47. The van der Waals surface area contributed by atoms with E-state index in [1.807, 2.05) is 0 Å². The van der Waals surface area contributed by atoms with Crippen molar-refractivity contribution in [3.63, 3.8) is 0 Å². The van der Waals surface area contributed by atoms with E-state index in [9.17, 15) is 14.9 Å². The summed E-state index contributed by atoms with van der Waals surface area (Å²) in [5.41, 5.74) is 1.18. The van der Waals surface area contributed by atoms with Gasteiger partial charge in [-0.3, -0.25) is 14.9 Å². The summed E-state index contributed by atoms with van der Waals surface area (Å²) in [4.78, 5) is 21.0. The molecule has 0 unspecified atom stereocenters. The van der Waals surface area contributed by atoms with Gasteiger partial charge in [0.05, 0.1) is 10.6 Å². The molecule has 0 radical (unpaired) electrons. The van der Waals surface area contributed by atoms with Crippen molar-refractivity contribution < 1.29 is 19.5 Å². The molecule has 1 aromatic heterocycles. The van der Waals surface area contributed by atoms with Crippen LogP contribution in [-0.4, -0.2) is 32.9 Å². The third-order valence-corrected chi connectivity index (χ3v) is 5.47. The predicted molar refractivity (Wildman–Crippen MR) is 119 cm³/mol. The summed E-state index contributed by atoms with van der Waals surface area (Å²) in [6, 6.07) is 3.08. The van der Waals surface area contributed by atoms with E-state index in [0.717, 1.165) is 38.6 Å². The van der Waals surface area contributed by atoms with Crippen LogP contribution < -0.4 is 5.32 Å². The average molecular weight is 435 g/mol. The summed E-state index contributed by atoms with van der Waals surface area (Å²) in [5.74, 6) is -0.689. The molecule has 0 fully saturated rings. The van der Waals surface area contributed by atoms with E-state index in [-0.39, 0.29) is 11.2 Å². The summed E-state index contributed by atoms with van der Waals surface area (Å²) >= 11 is 0. The fourth-order valence-corrected chi connectivity index (χ4v) is 3.71. The second kappa shape index (κ2) is 14.3. The van der Waals surface area contributed by atoms with Crippen molar-refractivity contribution in [2.45, 2.75) is 89.9 Å². The highest BCUT2D eigenvalue weighted by Crippen LogP contribution is 2.28. The van der Waals surface area contributed by atoms with Gasteiger partial charge in [-0.2, -0.15) is 0 Å². The van der Waals surface area contributed by atoms with Crippen LogP contribution in [0.3, 0.4) is 0 Å². The molecular formula is C22H34N4O5. The molecule has 0 bridgehead atoms. The van der Waals surface area contributed by atoms with Crippen LogP contribution in [0, 0.1) is 10.1 Å². The van der Waals surface area contributed by atoms with Crippen LogP contribution in [0.2, 0.25) is 0 Å². The number of nitro benzene ring substituents is 1. The van der Waals surface area contributed by atoms with E-state index in [0.29, 0.717) is 17.6 Å². The van der Waals surface area contributed by atoms with Crippen LogP contribution in [0.15, 0.2) is 16.8 Å². The Kier molecular flexibility index (Phi) is 11.3. The molecule has 9 heteroatoms. The standard InChI is InChI=1S/C22H34N4O5/c27-20(28)14-12-10-8-6-4-2-1-3-5-7-9-11-13-17-23-18-15-16-19(26(29)30)22-21(18)24-31-25-22/h15-16,23H,1-14,17H2,(H,27,28). The molecule has 0 spiro atoms. The van der Waals surface area contributed by atoms with E-state index >= 15 is 0 Å². The molecule has 9 nitrogen and oxygen atoms in total. The number of aromatic nitrogens is 2. The first-order valence-electron chi connectivity index (χ1n) is 11.4. The van der Waals surface area contributed by atoms with E-state index in [4.69, 9.17) is 5.11 Å². The summed E-state index contributed by atoms with van der Waals surface area (Å²) in [7, 11) is 0. The lowest BCUT2D eigenvalue weighted by molar-refractivity contribution is -0.383. The first-order chi connectivity index (χ1) is 15.1. The lowest BCUT2D eigenvalue weighted by atomic mass is 10.0. The number of carbonyl (C=O) groups is 1. The van der Waals surface area contributed by atoms with Gasteiger partial charge in [0.2, 0.25) is 5.52 Å². The molecule has 0 aliphatic rings. The number of nitro groups is 1. The van der Waals surface area contributed by atoms with Gasteiger partial charge in [-0.05, 0) is 29.2 Å². The number of hydrogen-bond acceptors (Lipinski definition) is 7. The Balaban J connectivity index is 1.42. The maximum absolute atomic E-state index is 11.0. The van der Waals surface area contributed by atoms with Gasteiger partial charge in [0.25, 0.3) is 0 Å². The largest absolute Gasteiger partial charge is 0.481 e. The van der Waals surface area contributed by atoms with E-state index in [1.165, 1.54) is 57.4 Å². The number of fused-ring (bicyclic) bond motifs is 1. The summed E-state index contributed by atoms with van der Waals surface area (Å²) < 4.78 is 4.67. The Morgan fingerprint density at radius 1 is 0.871 bits per heavy atom. The molecule has 2 rings (SSSR count). The van der Waals surface area contributed by atoms with Crippen LogP contribution >= 0.6 is 0 Å². The van der Waals surface area contributed by atoms with Gasteiger partial charge in [-0.15, -0.1) is 0 Å². The molecule has 0 amide bonds. The van der Waals surface area contributed by atoms with Crippen molar-refractivity contribution in [1.29, 1.82) is 0 Å². The first-order valence-corrected chi connectivity index (χ1v) is 11.4. The zero-order valence-corrected chi connectivity index (χ0v) is 18.2. The molecule has 0 atom stereocenters. The number of nitrogens with one attached hydrogen (secondary N) is 1. The van der Waals surface area contributed by atoms with Crippen molar-refractivity contribution in [1.82, 2.24) is 10.3 Å². The maximum Gasteiger partial charge on any atom is 0.303 e. The Hall–Kier alpha value is -2.71. The normalized spacial score (nSPS) is 11.1. The molecule has 2 N–H and O–H groups in total. The Labute approximate surface area is 182 Å². The number of anilines is 1. The quantitative estimate of drug-likeness (QED) is 0.164. The molecule has 31 heavy (non-hydrogen) atoms. The lowest BCUT2D eigenvalue weighted by Crippen LogP contribution is -2.02. The fraction of sp³-hybridized carbons (Fsp3) is 0.682. The molecule has 0 saturated carbocycles. The second-order valence-corrected chi connectivity index (χ2v) is 8.02. The smallest absolute Gasteiger partial charge is 0.303 e. The second-order valence-electron chi connectivity index (χ2n) is 8.02. The highest BCUT2D eigenvalue weighted by molar-refractivity contribution is 5.93.